The van der Waals surface area contributed by atoms with E-state index in [9.17, 15) is 18.4 Å². The summed E-state index contributed by atoms with van der Waals surface area (Å²) < 4.78 is 40.2. The Labute approximate surface area is 196 Å². The zero-order valence-electron chi connectivity index (χ0n) is 19.7. The smallest absolute Gasteiger partial charge is 0.407 e. The van der Waals surface area contributed by atoms with E-state index in [-0.39, 0.29) is 36.2 Å². The number of carbonyl (C=O) groups excluding carboxylic acids is 2. The third-order valence-corrected chi connectivity index (χ3v) is 4.77. The number of alkyl carbamates (subject to hydrolysis) is 1. The molecule has 0 spiro atoms. The Bertz CT molecular complexity index is 1180. The average Bonchev–Trinajstić information content (AvgIpc) is 3.06. The van der Waals surface area contributed by atoms with Crippen molar-refractivity contribution in [1.29, 1.82) is 0 Å². The molecule has 10 heteroatoms. The predicted octanol–water partition coefficient (Wildman–Crippen LogP) is 4.14. The molecule has 0 aliphatic heterocycles. The van der Waals surface area contributed by atoms with Crippen LogP contribution >= 0.6 is 0 Å². The lowest BCUT2D eigenvalue weighted by Gasteiger charge is -2.22. The summed E-state index contributed by atoms with van der Waals surface area (Å²) in [5.41, 5.74) is 0.234. The fourth-order valence-electron chi connectivity index (χ4n) is 3.25. The van der Waals surface area contributed by atoms with Crippen LogP contribution in [0.1, 0.15) is 49.4 Å². The largest absolute Gasteiger partial charge is 0.485 e. The number of aryl methyl sites for hydroxylation is 1. The second kappa shape index (κ2) is 10.1. The molecule has 3 rings (SSSR count). The minimum atomic E-state index is -0.708. The van der Waals surface area contributed by atoms with Crippen LogP contribution in [0.2, 0.25) is 0 Å². The monoisotopic (exact) mass is 474 g/mol. The molecule has 8 nitrogen and oxygen atoms in total. The molecule has 0 saturated carbocycles. The van der Waals surface area contributed by atoms with Gasteiger partial charge in [-0.2, -0.15) is 0 Å². The molecule has 1 unspecified atom stereocenters. The number of pyridine rings is 1. The van der Waals surface area contributed by atoms with E-state index in [1.165, 1.54) is 6.07 Å². The third kappa shape index (κ3) is 6.00. The molecule has 182 valence electrons. The van der Waals surface area contributed by atoms with Crippen molar-refractivity contribution in [2.75, 3.05) is 6.54 Å². The van der Waals surface area contributed by atoms with Crippen LogP contribution < -0.4 is 15.4 Å². The number of aromatic nitrogens is 2. The highest BCUT2D eigenvalue weighted by Gasteiger charge is 2.21. The first-order valence-electron chi connectivity index (χ1n) is 10.8. The number of hydrogen-bond acceptors (Lipinski definition) is 5. The normalized spacial score (nSPS) is 12.3. The predicted molar refractivity (Wildman–Crippen MR) is 122 cm³/mol. The van der Waals surface area contributed by atoms with Crippen molar-refractivity contribution in [3.8, 4) is 5.75 Å². The van der Waals surface area contributed by atoms with Gasteiger partial charge >= 0.3 is 6.09 Å². The number of nitrogens with one attached hydrogen (secondary N) is 2. The molecule has 0 aliphatic carbocycles. The van der Waals surface area contributed by atoms with Crippen LogP contribution in [-0.2, 0) is 11.3 Å². The van der Waals surface area contributed by atoms with Gasteiger partial charge in [-0.05, 0) is 58.9 Å². The van der Waals surface area contributed by atoms with Gasteiger partial charge in [-0.15, -0.1) is 0 Å². The number of halogens is 2. The van der Waals surface area contributed by atoms with Gasteiger partial charge in [-0.3, -0.25) is 9.20 Å². The molecule has 0 fully saturated rings. The number of amides is 2. The maximum absolute atomic E-state index is 13.9. The Morgan fingerprint density at radius 1 is 1.15 bits per heavy atom. The first kappa shape index (κ1) is 24.9. The molecule has 0 bridgehead atoms. The van der Waals surface area contributed by atoms with E-state index in [0.717, 1.165) is 12.1 Å². The average molecular weight is 475 g/mol. The summed E-state index contributed by atoms with van der Waals surface area (Å²) in [6, 6.07) is 6.46. The van der Waals surface area contributed by atoms with E-state index in [4.69, 9.17) is 9.47 Å². The van der Waals surface area contributed by atoms with Gasteiger partial charge in [0.2, 0.25) is 0 Å². The van der Waals surface area contributed by atoms with Gasteiger partial charge < -0.3 is 20.1 Å². The Morgan fingerprint density at radius 3 is 2.47 bits per heavy atom. The lowest BCUT2D eigenvalue weighted by Crippen LogP contribution is -2.44. The first-order chi connectivity index (χ1) is 16.0. The van der Waals surface area contributed by atoms with Crippen LogP contribution in [0.25, 0.3) is 5.65 Å². The van der Waals surface area contributed by atoms with Crippen molar-refractivity contribution >= 4 is 17.6 Å². The second-order valence-electron chi connectivity index (χ2n) is 8.86. The van der Waals surface area contributed by atoms with Crippen molar-refractivity contribution in [2.45, 2.75) is 52.9 Å². The topological polar surface area (TPSA) is 94.0 Å². The summed E-state index contributed by atoms with van der Waals surface area (Å²) >= 11 is 0. The molecule has 2 N–H and O–H groups in total. The Morgan fingerprint density at radius 2 is 1.82 bits per heavy atom. The fourth-order valence-corrected chi connectivity index (χ4v) is 3.25. The maximum Gasteiger partial charge on any atom is 0.407 e. The van der Waals surface area contributed by atoms with Gasteiger partial charge in [0.25, 0.3) is 5.91 Å². The van der Waals surface area contributed by atoms with E-state index in [1.807, 2.05) is 0 Å². The fraction of sp³-hybridized carbons (Fsp3) is 0.375. The van der Waals surface area contributed by atoms with E-state index in [2.05, 4.69) is 15.6 Å². The van der Waals surface area contributed by atoms with E-state index in [1.54, 1.807) is 57.3 Å². The van der Waals surface area contributed by atoms with Gasteiger partial charge in [0.15, 0.2) is 11.4 Å². The summed E-state index contributed by atoms with van der Waals surface area (Å²) in [7, 11) is 0. The third-order valence-electron chi connectivity index (χ3n) is 4.77. The Kier molecular flexibility index (Phi) is 7.38. The van der Waals surface area contributed by atoms with Crippen LogP contribution in [0.5, 0.6) is 5.75 Å². The molecule has 1 aromatic carbocycles. The number of nitrogens with zero attached hydrogens (tertiary/aromatic N) is 2. The van der Waals surface area contributed by atoms with Crippen LogP contribution in [0.4, 0.5) is 13.6 Å². The van der Waals surface area contributed by atoms with Crippen LogP contribution in [0.3, 0.4) is 0 Å². The zero-order valence-corrected chi connectivity index (χ0v) is 19.7. The van der Waals surface area contributed by atoms with Gasteiger partial charge in [0, 0.05) is 18.8 Å². The molecular formula is C24H28F2N4O4. The molecule has 2 aromatic heterocycles. The molecule has 2 heterocycles. The van der Waals surface area contributed by atoms with Gasteiger partial charge in [0.05, 0.1) is 11.3 Å². The second-order valence-corrected chi connectivity index (χ2v) is 8.86. The van der Waals surface area contributed by atoms with Crippen molar-refractivity contribution in [3.63, 3.8) is 0 Å². The van der Waals surface area contributed by atoms with Gasteiger partial charge in [-0.1, -0.05) is 6.07 Å². The number of rotatable bonds is 7. The number of imidazole rings is 1. The lowest BCUT2D eigenvalue weighted by atomic mass is 10.2. The highest BCUT2D eigenvalue weighted by atomic mass is 19.1. The van der Waals surface area contributed by atoms with Crippen molar-refractivity contribution in [1.82, 2.24) is 20.0 Å². The quantitative estimate of drug-likeness (QED) is 0.537. The number of hydrogen-bond donors (Lipinski definition) is 2. The van der Waals surface area contributed by atoms with Crippen LogP contribution in [-0.4, -0.2) is 39.6 Å². The maximum atomic E-state index is 13.9. The van der Waals surface area contributed by atoms with Crippen LogP contribution in [0.15, 0.2) is 36.5 Å². The Balaban J connectivity index is 1.71. The van der Waals surface area contributed by atoms with Gasteiger partial charge in [0.1, 0.15) is 29.5 Å². The van der Waals surface area contributed by atoms with E-state index in [0.29, 0.717) is 11.3 Å². The molecule has 0 aliphatic rings. The Hall–Kier alpha value is -3.69. The number of benzene rings is 1. The van der Waals surface area contributed by atoms with Crippen molar-refractivity contribution in [2.24, 2.45) is 0 Å². The number of fused-ring (bicyclic) bond motifs is 1. The standard InChI is InChI=1S/C24H28F2N4O4/c1-14(28-23(32)34-24(3,4)5)12-27-22(31)20-15(2)29-21-19(10-7-11-30(20)21)33-13-16-17(25)8-6-9-18(16)26/h6-11,14H,12-13H2,1-5H3,(H,27,31)(H,28,32). The number of carbonyl (C=O) groups is 2. The molecule has 34 heavy (non-hydrogen) atoms. The van der Waals surface area contributed by atoms with E-state index < -0.39 is 29.2 Å². The molecule has 0 saturated heterocycles. The summed E-state index contributed by atoms with van der Waals surface area (Å²) in [5, 5.41) is 5.43. The van der Waals surface area contributed by atoms with Crippen molar-refractivity contribution < 1.29 is 27.8 Å². The summed E-state index contributed by atoms with van der Waals surface area (Å²) in [4.78, 5) is 29.2. The van der Waals surface area contributed by atoms with Crippen LogP contribution in [0, 0.1) is 18.6 Å². The molecule has 3 aromatic rings. The minimum Gasteiger partial charge on any atom is -0.485 e. The summed E-state index contributed by atoms with van der Waals surface area (Å²) in [5.74, 6) is -1.55. The molecule has 1 atom stereocenters. The first-order valence-corrected chi connectivity index (χ1v) is 10.8. The highest BCUT2D eigenvalue weighted by Crippen LogP contribution is 2.24. The van der Waals surface area contributed by atoms with Crippen molar-refractivity contribution in [3.05, 3.63) is 65.1 Å². The van der Waals surface area contributed by atoms with E-state index >= 15 is 0 Å². The number of ether oxygens (including phenoxy) is 2. The molecule has 2 amide bonds. The molecular weight excluding hydrogens is 446 g/mol. The molecule has 0 radical (unpaired) electrons. The zero-order chi connectivity index (χ0) is 25.0. The SMILES string of the molecule is Cc1nc2c(OCc3c(F)cccc3F)cccn2c1C(=O)NCC(C)NC(=O)OC(C)(C)C. The lowest BCUT2D eigenvalue weighted by molar-refractivity contribution is 0.0506. The minimum absolute atomic E-state index is 0.160. The summed E-state index contributed by atoms with van der Waals surface area (Å²) in [6.07, 6.45) is 1.07. The van der Waals surface area contributed by atoms with Gasteiger partial charge in [-0.25, -0.2) is 18.6 Å². The summed E-state index contributed by atoms with van der Waals surface area (Å²) in [6.45, 7) is 8.52. The highest BCUT2D eigenvalue weighted by molar-refractivity contribution is 5.95.